The Morgan fingerprint density at radius 2 is 1.77 bits per heavy atom. The second kappa shape index (κ2) is 6.57. The molecule has 2 aromatic rings. The van der Waals surface area contributed by atoms with Crippen LogP contribution >= 0.6 is 11.8 Å². The van der Waals surface area contributed by atoms with Crippen LogP contribution in [0.5, 0.6) is 11.5 Å². The third-order valence-corrected chi connectivity index (χ3v) is 4.57. The molecular weight excluding hydrogens is 306 g/mol. The summed E-state index contributed by atoms with van der Waals surface area (Å²) in [4.78, 5) is 0.959. The van der Waals surface area contributed by atoms with Gasteiger partial charge in [-0.3, -0.25) is 0 Å². The summed E-state index contributed by atoms with van der Waals surface area (Å²) in [6, 6.07) is 9.39. The fourth-order valence-corrected chi connectivity index (χ4v) is 3.36. The Kier molecular flexibility index (Phi) is 4.52. The lowest BCUT2D eigenvalue weighted by Crippen LogP contribution is -1.97. The minimum Gasteiger partial charge on any atom is -0.490 e. The van der Waals surface area contributed by atoms with Gasteiger partial charge in [0.1, 0.15) is 11.6 Å². The van der Waals surface area contributed by atoms with Crippen LogP contribution in [0.15, 0.2) is 41.3 Å². The van der Waals surface area contributed by atoms with E-state index < -0.39 is 11.6 Å². The predicted molar refractivity (Wildman–Crippen MR) is 82.7 cm³/mol. The van der Waals surface area contributed by atoms with Gasteiger partial charge in [0.2, 0.25) is 0 Å². The molecule has 1 atom stereocenters. The maximum atomic E-state index is 13.8. The van der Waals surface area contributed by atoms with Gasteiger partial charge in [-0.05, 0) is 31.2 Å². The molecule has 0 saturated carbocycles. The quantitative estimate of drug-likeness (QED) is 0.743. The highest BCUT2D eigenvalue weighted by atomic mass is 32.2. The molecule has 0 radical (unpaired) electrons. The first kappa shape index (κ1) is 15.2. The van der Waals surface area contributed by atoms with Crippen LogP contribution in [0.3, 0.4) is 0 Å². The predicted octanol–water partition coefficient (Wildman–Crippen LogP) is 4.98. The van der Waals surface area contributed by atoms with Crippen LogP contribution in [-0.2, 0) is 0 Å². The van der Waals surface area contributed by atoms with Gasteiger partial charge in [0, 0.05) is 28.2 Å². The highest BCUT2D eigenvalue weighted by Gasteiger charge is 2.16. The molecule has 1 aliphatic rings. The van der Waals surface area contributed by atoms with E-state index in [9.17, 15) is 8.78 Å². The standard InChI is InChI=1S/C17H16F2O2S/c1-11(14-5-3-12(18)9-15(14)19)22-13-4-6-16-17(10-13)21-8-2-7-20-16/h3-6,9-11H,2,7-8H2,1H3. The number of hydrogen-bond donors (Lipinski definition) is 0. The van der Waals surface area contributed by atoms with Crippen LogP contribution < -0.4 is 9.47 Å². The third kappa shape index (κ3) is 3.35. The maximum absolute atomic E-state index is 13.8. The molecule has 3 rings (SSSR count). The smallest absolute Gasteiger partial charge is 0.162 e. The molecule has 0 spiro atoms. The average molecular weight is 322 g/mol. The van der Waals surface area contributed by atoms with Crippen molar-refractivity contribution in [2.45, 2.75) is 23.5 Å². The van der Waals surface area contributed by atoms with Gasteiger partial charge in [-0.2, -0.15) is 0 Å². The Morgan fingerprint density at radius 3 is 2.55 bits per heavy atom. The molecule has 0 fully saturated rings. The van der Waals surface area contributed by atoms with Crippen LogP contribution in [-0.4, -0.2) is 13.2 Å². The Hall–Kier alpha value is -1.75. The first-order valence-electron chi connectivity index (χ1n) is 7.15. The van der Waals surface area contributed by atoms with Crippen molar-refractivity contribution < 1.29 is 18.3 Å². The minimum atomic E-state index is -0.561. The number of hydrogen-bond acceptors (Lipinski definition) is 3. The summed E-state index contributed by atoms with van der Waals surface area (Å²) in [5.41, 5.74) is 0.485. The maximum Gasteiger partial charge on any atom is 0.162 e. The summed E-state index contributed by atoms with van der Waals surface area (Å²) >= 11 is 1.50. The van der Waals surface area contributed by atoms with Crippen molar-refractivity contribution in [3.05, 3.63) is 53.6 Å². The van der Waals surface area contributed by atoms with Crippen molar-refractivity contribution in [1.29, 1.82) is 0 Å². The molecule has 0 N–H and O–H groups in total. The largest absolute Gasteiger partial charge is 0.490 e. The van der Waals surface area contributed by atoms with Gasteiger partial charge < -0.3 is 9.47 Å². The minimum absolute atomic E-state index is 0.134. The number of rotatable bonds is 3. The number of thioether (sulfide) groups is 1. The van der Waals surface area contributed by atoms with Gasteiger partial charge in [0.25, 0.3) is 0 Å². The Balaban J connectivity index is 1.79. The van der Waals surface area contributed by atoms with E-state index in [1.165, 1.54) is 23.9 Å². The van der Waals surface area contributed by atoms with Crippen molar-refractivity contribution >= 4 is 11.8 Å². The summed E-state index contributed by atoms with van der Waals surface area (Å²) in [6.07, 6.45) is 0.856. The van der Waals surface area contributed by atoms with Gasteiger partial charge in [-0.25, -0.2) is 8.78 Å². The molecule has 5 heteroatoms. The van der Waals surface area contributed by atoms with Crippen LogP contribution in [0.1, 0.15) is 24.2 Å². The van der Waals surface area contributed by atoms with Gasteiger partial charge in [-0.15, -0.1) is 11.8 Å². The molecule has 0 saturated heterocycles. The summed E-state index contributed by atoms with van der Waals surface area (Å²) in [5.74, 6) is 0.375. The van der Waals surface area contributed by atoms with E-state index in [0.29, 0.717) is 24.5 Å². The van der Waals surface area contributed by atoms with Crippen molar-refractivity contribution in [2.24, 2.45) is 0 Å². The highest BCUT2D eigenvalue weighted by Crippen LogP contribution is 2.40. The van der Waals surface area contributed by atoms with E-state index in [0.717, 1.165) is 23.1 Å². The first-order valence-corrected chi connectivity index (χ1v) is 8.03. The van der Waals surface area contributed by atoms with E-state index in [-0.39, 0.29) is 5.25 Å². The van der Waals surface area contributed by atoms with E-state index in [4.69, 9.17) is 9.47 Å². The van der Waals surface area contributed by atoms with E-state index in [2.05, 4.69) is 0 Å². The van der Waals surface area contributed by atoms with Crippen LogP contribution in [0.4, 0.5) is 8.78 Å². The van der Waals surface area contributed by atoms with E-state index in [1.54, 1.807) is 0 Å². The zero-order valence-electron chi connectivity index (χ0n) is 12.1. The van der Waals surface area contributed by atoms with Gasteiger partial charge >= 0.3 is 0 Å². The van der Waals surface area contributed by atoms with Crippen LogP contribution in [0.2, 0.25) is 0 Å². The average Bonchev–Trinajstić information content (AvgIpc) is 2.71. The molecule has 2 aromatic carbocycles. The number of halogens is 2. The molecule has 1 unspecified atom stereocenters. The monoisotopic (exact) mass is 322 g/mol. The van der Waals surface area contributed by atoms with Crippen molar-refractivity contribution in [2.75, 3.05) is 13.2 Å². The van der Waals surface area contributed by atoms with Crippen molar-refractivity contribution in [1.82, 2.24) is 0 Å². The molecular formula is C17H16F2O2S. The number of fused-ring (bicyclic) bond motifs is 1. The topological polar surface area (TPSA) is 18.5 Å². The molecule has 2 nitrogen and oxygen atoms in total. The Bertz CT molecular complexity index is 676. The fraction of sp³-hybridized carbons (Fsp3) is 0.294. The number of benzene rings is 2. The Labute approximate surface area is 132 Å². The van der Waals surface area contributed by atoms with E-state index >= 15 is 0 Å². The lowest BCUT2D eigenvalue weighted by atomic mass is 10.1. The SMILES string of the molecule is CC(Sc1ccc2c(c1)OCCCO2)c1ccc(F)cc1F. The summed E-state index contributed by atoms with van der Waals surface area (Å²) in [6.45, 7) is 3.17. The number of ether oxygens (including phenoxy) is 2. The first-order chi connectivity index (χ1) is 10.6. The Morgan fingerprint density at radius 1 is 1.00 bits per heavy atom. The lowest BCUT2D eigenvalue weighted by Gasteiger charge is -2.14. The summed E-state index contributed by atoms with van der Waals surface area (Å²) < 4.78 is 38.1. The molecule has 0 bridgehead atoms. The van der Waals surface area contributed by atoms with Crippen molar-refractivity contribution in [3.63, 3.8) is 0 Å². The second-order valence-electron chi connectivity index (χ2n) is 5.08. The normalized spacial score (nSPS) is 15.2. The highest BCUT2D eigenvalue weighted by molar-refractivity contribution is 7.99. The third-order valence-electron chi connectivity index (χ3n) is 3.43. The van der Waals surface area contributed by atoms with Gasteiger partial charge in [0.15, 0.2) is 11.5 Å². The van der Waals surface area contributed by atoms with Gasteiger partial charge in [0.05, 0.1) is 13.2 Å². The molecule has 116 valence electrons. The van der Waals surface area contributed by atoms with Crippen LogP contribution in [0.25, 0.3) is 0 Å². The lowest BCUT2D eigenvalue weighted by molar-refractivity contribution is 0.297. The summed E-state index contributed by atoms with van der Waals surface area (Å²) in [7, 11) is 0. The molecule has 1 aliphatic heterocycles. The summed E-state index contributed by atoms with van der Waals surface area (Å²) in [5, 5.41) is -0.134. The van der Waals surface area contributed by atoms with Crippen LogP contribution in [0, 0.1) is 11.6 Å². The van der Waals surface area contributed by atoms with Crippen molar-refractivity contribution in [3.8, 4) is 11.5 Å². The zero-order valence-corrected chi connectivity index (χ0v) is 13.0. The molecule has 0 amide bonds. The van der Waals surface area contributed by atoms with E-state index in [1.807, 2.05) is 25.1 Å². The fourth-order valence-electron chi connectivity index (χ4n) is 2.32. The molecule has 22 heavy (non-hydrogen) atoms. The van der Waals surface area contributed by atoms with Gasteiger partial charge in [-0.1, -0.05) is 6.07 Å². The molecule has 0 aliphatic carbocycles. The molecule has 0 aromatic heterocycles. The zero-order chi connectivity index (χ0) is 15.5. The second-order valence-corrected chi connectivity index (χ2v) is 6.50. The molecule has 1 heterocycles.